The molecule has 2 rings (SSSR count). The van der Waals surface area contributed by atoms with Gasteiger partial charge in [0, 0.05) is 0 Å². The highest BCUT2D eigenvalue weighted by Crippen LogP contribution is 2.36. The van der Waals surface area contributed by atoms with E-state index in [9.17, 15) is 5.11 Å². The van der Waals surface area contributed by atoms with Crippen molar-refractivity contribution in [1.29, 1.82) is 0 Å². The molecule has 1 N–H and O–H groups in total. The molecule has 0 aliphatic heterocycles. The molecule has 2 nitrogen and oxygen atoms in total. The lowest BCUT2D eigenvalue weighted by molar-refractivity contribution is 0.138. The zero-order chi connectivity index (χ0) is 19.9. The fourth-order valence-electron chi connectivity index (χ4n) is 3.48. The standard InChI is InChI=1S/C24H34O2Si/c1-6-20(2)17-18-21(25)19-26-27(24(3,4)5,22-13-9-7-10-14-22)23-15-11-8-12-16-23/h7-18,20-21,25H,6,19H2,1-5H3/b18-17+/t20-,21+/m0/s1. The molecule has 0 bridgehead atoms. The number of hydrogen-bond donors (Lipinski definition) is 1. The van der Waals surface area contributed by atoms with Crippen molar-refractivity contribution in [3.05, 3.63) is 72.8 Å². The molecule has 2 aromatic rings. The second-order valence-corrected chi connectivity index (χ2v) is 12.6. The first-order chi connectivity index (χ1) is 12.8. The largest absolute Gasteiger partial charge is 0.404 e. The van der Waals surface area contributed by atoms with Crippen molar-refractivity contribution in [2.45, 2.75) is 52.2 Å². The first-order valence-corrected chi connectivity index (χ1v) is 11.8. The number of aliphatic hydroxyl groups excluding tert-OH is 1. The van der Waals surface area contributed by atoms with E-state index in [4.69, 9.17) is 4.43 Å². The van der Waals surface area contributed by atoms with Crippen LogP contribution in [-0.2, 0) is 4.43 Å². The Hall–Kier alpha value is -1.68. The van der Waals surface area contributed by atoms with Crippen LogP contribution in [0.2, 0.25) is 5.04 Å². The predicted octanol–water partition coefficient (Wildman–Crippen LogP) is 4.53. The van der Waals surface area contributed by atoms with E-state index in [2.05, 4.69) is 89.2 Å². The third kappa shape index (κ3) is 5.19. The van der Waals surface area contributed by atoms with Gasteiger partial charge in [-0.05, 0) is 21.3 Å². The normalized spacial score (nSPS) is 15.0. The predicted molar refractivity (Wildman–Crippen MR) is 118 cm³/mol. The summed E-state index contributed by atoms with van der Waals surface area (Å²) in [5.41, 5.74) is 0. The van der Waals surface area contributed by atoms with Gasteiger partial charge in [-0.15, -0.1) is 0 Å². The van der Waals surface area contributed by atoms with Gasteiger partial charge in [0.25, 0.3) is 8.32 Å². The van der Waals surface area contributed by atoms with E-state index in [1.54, 1.807) is 0 Å². The van der Waals surface area contributed by atoms with Crippen molar-refractivity contribution in [1.82, 2.24) is 0 Å². The van der Waals surface area contributed by atoms with E-state index in [-0.39, 0.29) is 5.04 Å². The molecular formula is C24H34O2Si. The highest BCUT2D eigenvalue weighted by atomic mass is 28.4. The first kappa shape index (κ1) is 21.6. The van der Waals surface area contributed by atoms with Gasteiger partial charge in [0.15, 0.2) is 0 Å². The second-order valence-electron chi connectivity index (χ2n) is 8.31. The average Bonchev–Trinajstić information content (AvgIpc) is 2.67. The maximum atomic E-state index is 10.5. The summed E-state index contributed by atoms with van der Waals surface area (Å²) < 4.78 is 6.73. The molecule has 0 spiro atoms. The summed E-state index contributed by atoms with van der Waals surface area (Å²) in [6.07, 6.45) is 4.44. The summed E-state index contributed by atoms with van der Waals surface area (Å²) in [4.78, 5) is 0. The van der Waals surface area contributed by atoms with E-state index < -0.39 is 14.4 Å². The molecular weight excluding hydrogens is 348 g/mol. The molecule has 2 atom stereocenters. The van der Waals surface area contributed by atoms with Crippen LogP contribution in [0.3, 0.4) is 0 Å². The minimum absolute atomic E-state index is 0.0736. The third-order valence-electron chi connectivity index (χ3n) is 5.19. The SMILES string of the molecule is CC[C@H](C)/C=C/[C@@H](O)CO[Si](c1ccccc1)(c1ccccc1)C(C)(C)C. The minimum atomic E-state index is -2.57. The topological polar surface area (TPSA) is 29.5 Å². The Kier molecular flexibility index (Phi) is 7.60. The van der Waals surface area contributed by atoms with E-state index >= 15 is 0 Å². The van der Waals surface area contributed by atoms with Crippen molar-refractivity contribution >= 4 is 18.7 Å². The zero-order valence-corrected chi connectivity index (χ0v) is 18.4. The molecule has 0 aromatic heterocycles. The van der Waals surface area contributed by atoms with Crippen LogP contribution in [-0.4, -0.2) is 26.1 Å². The zero-order valence-electron chi connectivity index (χ0n) is 17.4. The third-order valence-corrected chi connectivity index (χ3v) is 10.2. The molecule has 0 unspecified atom stereocenters. The Morgan fingerprint density at radius 3 is 1.81 bits per heavy atom. The van der Waals surface area contributed by atoms with Crippen LogP contribution in [0, 0.1) is 5.92 Å². The summed E-state index contributed by atoms with van der Waals surface area (Å²) >= 11 is 0. The lowest BCUT2D eigenvalue weighted by Gasteiger charge is -2.43. The summed E-state index contributed by atoms with van der Waals surface area (Å²) in [6.45, 7) is 11.4. The summed E-state index contributed by atoms with van der Waals surface area (Å²) in [5, 5.41) is 12.9. The quantitative estimate of drug-likeness (QED) is 0.537. The Bertz CT molecular complexity index is 665. The number of benzene rings is 2. The van der Waals surface area contributed by atoms with Gasteiger partial charge in [-0.1, -0.05) is 114 Å². The fourth-order valence-corrected chi connectivity index (χ4v) is 8.06. The van der Waals surface area contributed by atoms with Crippen LogP contribution in [0.4, 0.5) is 0 Å². The Balaban J connectivity index is 2.42. The smallest absolute Gasteiger partial charge is 0.261 e. The van der Waals surface area contributed by atoms with Gasteiger partial charge in [0.2, 0.25) is 0 Å². The molecule has 3 heteroatoms. The summed E-state index contributed by atoms with van der Waals surface area (Å²) in [5.74, 6) is 0.465. The molecule has 0 amide bonds. The van der Waals surface area contributed by atoms with E-state index in [0.29, 0.717) is 12.5 Å². The van der Waals surface area contributed by atoms with Gasteiger partial charge in [-0.3, -0.25) is 0 Å². The van der Waals surface area contributed by atoms with Crippen LogP contribution in [0.1, 0.15) is 41.0 Å². The van der Waals surface area contributed by atoms with Crippen LogP contribution >= 0.6 is 0 Å². The monoisotopic (exact) mass is 382 g/mol. The summed E-state index contributed by atoms with van der Waals surface area (Å²) in [7, 11) is -2.57. The Labute approximate surface area is 166 Å². The number of allylic oxidation sites excluding steroid dienone is 1. The number of aliphatic hydroxyl groups is 1. The van der Waals surface area contributed by atoms with Gasteiger partial charge in [-0.25, -0.2) is 0 Å². The van der Waals surface area contributed by atoms with Crippen molar-refractivity contribution in [3.63, 3.8) is 0 Å². The molecule has 0 aliphatic carbocycles. The summed E-state index contributed by atoms with van der Waals surface area (Å²) in [6, 6.07) is 21.1. The number of rotatable bonds is 8. The molecule has 0 heterocycles. The number of hydrogen-bond acceptors (Lipinski definition) is 2. The average molecular weight is 383 g/mol. The lowest BCUT2D eigenvalue weighted by atomic mass is 10.1. The van der Waals surface area contributed by atoms with Crippen molar-refractivity contribution < 1.29 is 9.53 Å². The van der Waals surface area contributed by atoms with Gasteiger partial charge in [-0.2, -0.15) is 0 Å². The maximum Gasteiger partial charge on any atom is 0.261 e. The Morgan fingerprint density at radius 1 is 0.926 bits per heavy atom. The molecule has 27 heavy (non-hydrogen) atoms. The lowest BCUT2D eigenvalue weighted by Crippen LogP contribution is -2.67. The highest BCUT2D eigenvalue weighted by molar-refractivity contribution is 6.99. The van der Waals surface area contributed by atoms with E-state index in [0.717, 1.165) is 6.42 Å². The van der Waals surface area contributed by atoms with Gasteiger partial charge >= 0.3 is 0 Å². The van der Waals surface area contributed by atoms with Crippen molar-refractivity contribution in [2.24, 2.45) is 5.92 Å². The van der Waals surface area contributed by atoms with E-state index in [1.165, 1.54) is 10.4 Å². The molecule has 146 valence electrons. The maximum absolute atomic E-state index is 10.5. The van der Waals surface area contributed by atoms with Crippen molar-refractivity contribution in [2.75, 3.05) is 6.61 Å². The van der Waals surface area contributed by atoms with Crippen LogP contribution in [0.15, 0.2) is 72.8 Å². The minimum Gasteiger partial charge on any atom is -0.404 e. The first-order valence-electron chi connectivity index (χ1n) is 9.92. The Morgan fingerprint density at radius 2 is 1.41 bits per heavy atom. The molecule has 0 saturated heterocycles. The van der Waals surface area contributed by atoms with E-state index in [1.807, 2.05) is 18.2 Å². The molecule has 0 radical (unpaired) electrons. The second kappa shape index (κ2) is 9.49. The molecule has 0 aliphatic rings. The highest BCUT2D eigenvalue weighted by Gasteiger charge is 2.50. The molecule has 0 saturated carbocycles. The van der Waals surface area contributed by atoms with Crippen LogP contribution in [0.5, 0.6) is 0 Å². The molecule has 0 fully saturated rings. The van der Waals surface area contributed by atoms with Crippen molar-refractivity contribution in [3.8, 4) is 0 Å². The van der Waals surface area contributed by atoms with Gasteiger partial charge < -0.3 is 9.53 Å². The fraction of sp³-hybridized carbons (Fsp3) is 0.417. The van der Waals surface area contributed by atoms with Crippen LogP contribution in [0.25, 0.3) is 0 Å². The molecule has 2 aromatic carbocycles. The van der Waals surface area contributed by atoms with Crippen LogP contribution < -0.4 is 10.4 Å². The van der Waals surface area contributed by atoms with Gasteiger partial charge in [0.1, 0.15) is 0 Å². The van der Waals surface area contributed by atoms with Gasteiger partial charge in [0.05, 0.1) is 12.7 Å².